The van der Waals surface area contributed by atoms with E-state index in [4.69, 9.17) is 5.11 Å². The lowest BCUT2D eigenvalue weighted by Gasteiger charge is -2.21. The molecular formula is C10H14N4O5. The highest BCUT2D eigenvalue weighted by molar-refractivity contribution is 5.83. The first kappa shape index (κ1) is 14.6. The van der Waals surface area contributed by atoms with Crippen LogP contribution < -0.4 is 0 Å². The number of carboxylic acid groups (broad SMARTS) is 1. The van der Waals surface area contributed by atoms with Crippen molar-refractivity contribution in [2.75, 3.05) is 7.05 Å². The van der Waals surface area contributed by atoms with E-state index in [9.17, 15) is 19.7 Å². The smallest absolute Gasteiger partial charge is 0.326 e. The van der Waals surface area contributed by atoms with E-state index >= 15 is 0 Å². The fourth-order valence-corrected chi connectivity index (χ4v) is 1.34. The first-order chi connectivity index (χ1) is 8.82. The van der Waals surface area contributed by atoms with E-state index in [1.165, 1.54) is 24.9 Å². The summed E-state index contributed by atoms with van der Waals surface area (Å²) in [5, 5.41) is 22.9. The monoisotopic (exact) mass is 270 g/mol. The Morgan fingerprint density at radius 2 is 2.26 bits per heavy atom. The Morgan fingerprint density at radius 1 is 1.63 bits per heavy atom. The number of nitrogens with zero attached hydrogens (tertiary/aromatic N) is 4. The number of rotatable bonds is 6. The van der Waals surface area contributed by atoms with Gasteiger partial charge in [-0.25, -0.2) is 4.79 Å². The minimum atomic E-state index is -1.09. The van der Waals surface area contributed by atoms with Gasteiger partial charge in [-0.3, -0.25) is 19.6 Å². The molecule has 0 spiro atoms. The van der Waals surface area contributed by atoms with Gasteiger partial charge in [-0.15, -0.1) is 0 Å². The molecule has 0 aromatic carbocycles. The number of likely N-dealkylation sites (N-methyl/N-ethyl adjacent to an activating group) is 1. The van der Waals surface area contributed by atoms with E-state index in [0.717, 1.165) is 11.1 Å². The summed E-state index contributed by atoms with van der Waals surface area (Å²) in [4.78, 5) is 33.4. The van der Waals surface area contributed by atoms with Crippen LogP contribution in [0.3, 0.4) is 0 Å². The molecule has 0 fully saturated rings. The van der Waals surface area contributed by atoms with Gasteiger partial charge >= 0.3 is 11.7 Å². The molecule has 1 heterocycles. The molecule has 1 rings (SSSR count). The maximum Gasteiger partial charge on any atom is 0.326 e. The topological polar surface area (TPSA) is 119 Å². The fraction of sp³-hybridized carbons (Fsp3) is 0.500. The molecule has 0 saturated heterocycles. The molecule has 1 unspecified atom stereocenters. The van der Waals surface area contributed by atoms with E-state index in [-0.39, 0.29) is 24.6 Å². The summed E-state index contributed by atoms with van der Waals surface area (Å²) in [6.07, 6.45) is 2.33. The van der Waals surface area contributed by atoms with E-state index in [1.807, 2.05) is 0 Å². The molecule has 9 heteroatoms. The van der Waals surface area contributed by atoms with Crippen molar-refractivity contribution >= 4 is 17.6 Å². The molecule has 0 saturated carbocycles. The van der Waals surface area contributed by atoms with Crippen LogP contribution in [-0.2, 0) is 16.1 Å². The van der Waals surface area contributed by atoms with Crippen molar-refractivity contribution in [3.05, 3.63) is 22.5 Å². The minimum Gasteiger partial charge on any atom is -0.480 e. The molecule has 0 bridgehead atoms. The number of amides is 1. The van der Waals surface area contributed by atoms with E-state index in [2.05, 4.69) is 5.10 Å². The highest BCUT2D eigenvalue weighted by atomic mass is 16.6. The molecule has 1 amide bonds. The van der Waals surface area contributed by atoms with E-state index in [1.54, 1.807) is 0 Å². The number of carbonyl (C=O) groups excluding carboxylic acids is 1. The number of nitro groups is 1. The lowest BCUT2D eigenvalue weighted by atomic mass is 10.2. The van der Waals surface area contributed by atoms with Crippen LogP contribution in [0.4, 0.5) is 5.69 Å². The lowest BCUT2D eigenvalue weighted by Crippen LogP contribution is -2.40. The van der Waals surface area contributed by atoms with Gasteiger partial charge in [-0.1, -0.05) is 0 Å². The van der Waals surface area contributed by atoms with Crippen LogP contribution in [0.1, 0.15) is 13.3 Å². The Hall–Kier alpha value is -2.45. The van der Waals surface area contributed by atoms with Crippen molar-refractivity contribution in [2.24, 2.45) is 0 Å². The Labute approximate surface area is 108 Å². The second-order valence-electron chi connectivity index (χ2n) is 3.99. The van der Waals surface area contributed by atoms with Crippen LogP contribution in [0, 0.1) is 10.1 Å². The molecule has 1 N–H and O–H groups in total. The fourth-order valence-electron chi connectivity index (χ4n) is 1.34. The summed E-state index contributed by atoms with van der Waals surface area (Å²) in [5.41, 5.74) is -0.153. The van der Waals surface area contributed by atoms with Crippen molar-refractivity contribution in [1.82, 2.24) is 14.7 Å². The Morgan fingerprint density at radius 3 is 2.74 bits per heavy atom. The van der Waals surface area contributed by atoms with Gasteiger partial charge in [0.2, 0.25) is 5.91 Å². The summed E-state index contributed by atoms with van der Waals surface area (Å²) in [6, 6.07) is -0.917. The number of hydrogen-bond acceptors (Lipinski definition) is 5. The number of aryl methyl sites for hydroxylation is 1. The van der Waals surface area contributed by atoms with Gasteiger partial charge in [0, 0.05) is 20.0 Å². The summed E-state index contributed by atoms with van der Waals surface area (Å²) in [7, 11) is 1.40. The van der Waals surface area contributed by atoms with Crippen LogP contribution in [0.2, 0.25) is 0 Å². The van der Waals surface area contributed by atoms with Gasteiger partial charge in [-0.2, -0.15) is 5.10 Å². The van der Waals surface area contributed by atoms with Gasteiger partial charge in [0.1, 0.15) is 18.4 Å². The van der Waals surface area contributed by atoms with Crippen LogP contribution >= 0.6 is 0 Å². The number of hydrogen-bond donors (Lipinski definition) is 1. The second kappa shape index (κ2) is 5.94. The SMILES string of the molecule is CC(C(=O)O)N(C)C(=O)CCn1cc([N+](=O)[O-])cn1. The third-order valence-electron chi connectivity index (χ3n) is 2.72. The van der Waals surface area contributed by atoms with Gasteiger partial charge < -0.3 is 10.0 Å². The number of carboxylic acids is 1. The Bertz CT molecular complexity index is 498. The molecule has 0 radical (unpaired) electrons. The average Bonchev–Trinajstić information content (AvgIpc) is 2.82. The lowest BCUT2D eigenvalue weighted by molar-refractivity contribution is -0.385. The van der Waals surface area contributed by atoms with Crippen LogP contribution in [0.5, 0.6) is 0 Å². The zero-order valence-electron chi connectivity index (χ0n) is 10.5. The predicted molar refractivity (Wildman–Crippen MR) is 63.4 cm³/mol. The molecule has 1 aromatic heterocycles. The minimum absolute atomic E-state index is 0.0208. The van der Waals surface area contributed by atoms with Crippen molar-refractivity contribution in [1.29, 1.82) is 0 Å². The van der Waals surface area contributed by atoms with Crippen molar-refractivity contribution < 1.29 is 19.6 Å². The Balaban J connectivity index is 2.54. The molecule has 0 aliphatic carbocycles. The third kappa shape index (κ3) is 3.76. The van der Waals surface area contributed by atoms with Crippen molar-refractivity contribution in [2.45, 2.75) is 25.9 Å². The summed E-state index contributed by atoms with van der Waals surface area (Å²) in [6.45, 7) is 1.56. The van der Waals surface area contributed by atoms with Crippen LogP contribution in [0.15, 0.2) is 12.4 Å². The Kier molecular flexibility index (Phi) is 4.56. The van der Waals surface area contributed by atoms with Crippen LogP contribution in [0.25, 0.3) is 0 Å². The molecule has 0 aliphatic heterocycles. The third-order valence-corrected chi connectivity index (χ3v) is 2.72. The van der Waals surface area contributed by atoms with Crippen molar-refractivity contribution in [3.8, 4) is 0 Å². The van der Waals surface area contributed by atoms with Gasteiger partial charge in [0.15, 0.2) is 0 Å². The quantitative estimate of drug-likeness (QED) is 0.579. The predicted octanol–water partition coefficient (Wildman–Crippen LogP) is 0.113. The molecule has 19 heavy (non-hydrogen) atoms. The second-order valence-corrected chi connectivity index (χ2v) is 3.99. The van der Waals surface area contributed by atoms with Crippen LogP contribution in [-0.4, -0.2) is 49.7 Å². The average molecular weight is 270 g/mol. The maximum atomic E-state index is 11.7. The molecule has 1 atom stereocenters. The largest absolute Gasteiger partial charge is 0.480 e. The number of aromatic nitrogens is 2. The summed E-state index contributed by atoms with van der Waals surface area (Å²) >= 11 is 0. The molecule has 1 aromatic rings. The number of aliphatic carboxylic acids is 1. The van der Waals surface area contributed by atoms with Gasteiger partial charge in [0.05, 0.1) is 4.92 Å². The first-order valence-electron chi connectivity index (χ1n) is 5.48. The maximum absolute atomic E-state index is 11.7. The number of carbonyl (C=O) groups is 2. The summed E-state index contributed by atoms with van der Waals surface area (Å²) < 4.78 is 1.27. The zero-order chi connectivity index (χ0) is 14.6. The van der Waals surface area contributed by atoms with Crippen molar-refractivity contribution in [3.63, 3.8) is 0 Å². The molecule has 0 aliphatic rings. The summed E-state index contributed by atoms with van der Waals surface area (Å²) in [5.74, 6) is -1.46. The highest BCUT2D eigenvalue weighted by Gasteiger charge is 2.21. The van der Waals surface area contributed by atoms with Gasteiger partial charge in [-0.05, 0) is 6.92 Å². The molecule has 104 valence electrons. The van der Waals surface area contributed by atoms with E-state index < -0.39 is 16.9 Å². The molecule has 9 nitrogen and oxygen atoms in total. The highest BCUT2D eigenvalue weighted by Crippen LogP contribution is 2.08. The molecular weight excluding hydrogens is 256 g/mol. The standard InChI is InChI=1S/C10H14N4O5/c1-7(10(16)17)12(2)9(15)3-4-13-6-8(5-11-13)14(18)19/h5-7H,3-4H2,1-2H3,(H,16,17). The van der Waals surface area contributed by atoms with Gasteiger partial charge in [0.25, 0.3) is 0 Å². The first-order valence-corrected chi connectivity index (χ1v) is 5.48. The normalized spacial score (nSPS) is 11.9. The van der Waals surface area contributed by atoms with E-state index in [0.29, 0.717) is 0 Å². The zero-order valence-corrected chi connectivity index (χ0v) is 10.5.